The van der Waals surface area contributed by atoms with Crippen LogP contribution >= 0.6 is 0 Å². The minimum Gasteiger partial charge on any atom is -0.494 e. The Morgan fingerprint density at radius 3 is 2.66 bits per heavy atom. The first-order chi connectivity index (χ1) is 21.4. The predicted molar refractivity (Wildman–Crippen MR) is 168 cm³/mol. The maximum Gasteiger partial charge on any atom is 0.254 e. The topological polar surface area (TPSA) is 98.5 Å². The Balaban J connectivity index is 1.25. The van der Waals surface area contributed by atoms with Crippen LogP contribution in [-0.2, 0) is 20.2 Å². The van der Waals surface area contributed by atoms with E-state index in [1.807, 2.05) is 46.8 Å². The number of rotatable bonds is 7. The first-order valence-corrected chi connectivity index (χ1v) is 15.5. The predicted octanol–water partition coefficient (Wildman–Crippen LogP) is 5.47. The van der Waals surface area contributed by atoms with E-state index < -0.39 is 5.82 Å². The molecule has 9 heteroatoms. The number of fused-ring (bicyclic) bond motifs is 4. The Morgan fingerprint density at radius 2 is 1.95 bits per heavy atom. The molecule has 44 heavy (non-hydrogen) atoms. The number of carbonyl (C=O) groups is 1. The van der Waals surface area contributed by atoms with Gasteiger partial charge in [0.2, 0.25) is 0 Å². The van der Waals surface area contributed by atoms with Gasteiger partial charge in [0.25, 0.3) is 5.91 Å². The van der Waals surface area contributed by atoms with Crippen LogP contribution in [0.25, 0.3) is 44.6 Å². The molecule has 3 aromatic carbocycles. The Bertz CT molecular complexity index is 1960. The fraction of sp³-hybridized carbons (Fsp3) is 0.371. The molecule has 1 amide bonds. The third-order valence-electron chi connectivity index (χ3n) is 10.1. The number of imidazole rings is 1. The normalized spacial score (nSPS) is 21.2. The van der Waals surface area contributed by atoms with Gasteiger partial charge < -0.3 is 29.6 Å². The van der Waals surface area contributed by atoms with Crippen LogP contribution < -0.4 is 10.5 Å². The number of piperidine rings is 1. The lowest BCUT2D eigenvalue weighted by atomic mass is 10.0. The lowest BCUT2D eigenvalue weighted by molar-refractivity contribution is 0.0700. The van der Waals surface area contributed by atoms with Gasteiger partial charge in [-0.25, -0.2) is 9.37 Å². The van der Waals surface area contributed by atoms with Crippen molar-refractivity contribution in [2.45, 2.75) is 50.9 Å². The first-order valence-electron chi connectivity index (χ1n) is 15.5. The van der Waals surface area contributed by atoms with Gasteiger partial charge >= 0.3 is 0 Å². The van der Waals surface area contributed by atoms with Crippen LogP contribution in [0.15, 0.2) is 54.6 Å². The number of methoxy groups -OCH3 is 1. The maximum atomic E-state index is 15.2. The number of amides is 1. The molecular formula is C35H36FN5O3. The number of halogens is 1. The summed E-state index contributed by atoms with van der Waals surface area (Å²) < 4.78 is 25.4. The zero-order valence-corrected chi connectivity index (χ0v) is 25.0. The van der Waals surface area contributed by atoms with Crippen LogP contribution in [0.3, 0.4) is 0 Å². The highest BCUT2D eigenvalue weighted by Crippen LogP contribution is 2.41. The van der Waals surface area contributed by atoms with Gasteiger partial charge in [-0.05, 0) is 67.3 Å². The van der Waals surface area contributed by atoms with E-state index >= 15 is 4.39 Å². The minimum atomic E-state index is -0.397. The van der Waals surface area contributed by atoms with Crippen molar-refractivity contribution >= 4 is 27.8 Å². The molecule has 1 saturated heterocycles. The van der Waals surface area contributed by atoms with Crippen molar-refractivity contribution in [1.82, 2.24) is 19.0 Å². The zero-order valence-electron chi connectivity index (χ0n) is 25.0. The third-order valence-corrected chi connectivity index (χ3v) is 10.1. The molecule has 2 bridgehead atoms. The lowest BCUT2D eigenvalue weighted by Crippen LogP contribution is -2.41. The summed E-state index contributed by atoms with van der Waals surface area (Å²) in [6.45, 7) is 1.19. The SMILES string of the molecule is COc1cc(C(=O)N2C[C@H]3CC[C@@H]2[C@@H]3N)cc2nc(-c3cc4ccc(-c5cccc(CO)c5F)cc4n3CC3CC3)n(C)c12. The van der Waals surface area contributed by atoms with Gasteiger partial charge in [-0.2, -0.15) is 0 Å². The summed E-state index contributed by atoms with van der Waals surface area (Å²) in [6, 6.07) is 17.1. The summed E-state index contributed by atoms with van der Waals surface area (Å²) in [5, 5.41) is 10.7. The molecule has 3 fully saturated rings. The summed E-state index contributed by atoms with van der Waals surface area (Å²) in [6.07, 6.45) is 4.39. The van der Waals surface area contributed by atoms with Crippen molar-refractivity contribution in [2.75, 3.05) is 13.7 Å². The highest BCUT2D eigenvalue weighted by Gasteiger charge is 2.47. The molecule has 1 aliphatic heterocycles. The lowest BCUT2D eigenvalue weighted by Gasteiger charge is -2.27. The van der Waals surface area contributed by atoms with Crippen molar-refractivity contribution in [2.24, 2.45) is 24.6 Å². The van der Waals surface area contributed by atoms with Crippen molar-refractivity contribution in [3.63, 3.8) is 0 Å². The summed E-state index contributed by atoms with van der Waals surface area (Å²) in [4.78, 5) is 20.7. The fourth-order valence-electron chi connectivity index (χ4n) is 7.55. The fourth-order valence-corrected chi connectivity index (χ4v) is 7.55. The van der Waals surface area contributed by atoms with Crippen LogP contribution in [0.5, 0.6) is 5.75 Å². The van der Waals surface area contributed by atoms with Crippen molar-refractivity contribution in [3.8, 4) is 28.4 Å². The number of benzene rings is 3. The summed E-state index contributed by atoms with van der Waals surface area (Å²) in [5.41, 5.74) is 12.0. The number of ether oxygens (including phenoxy) is 1. The van der Waals surface area contributed by atoms with E-state index in [4.69, 9.17) is 15.5 Å². The Kier molecular flexibility index (Phi) is 6.32. The standard InChI is InChI=1S/C35H36FN5O3/c1-39-33-26(12-24(15-30(33)44-2)35(43)41-17-22-10-11-27(41)32(22)37)38-34(39)29-14-21-9-8-20(13-28(21)40(29)16-19-6-7-19)25-5-3-4-23(18-42)31(25)36/h3-5,8-9,12-15,19,22,27,32,42H,6-7,10-11,16-18,37H2,1-2H3/t22-,27-,32-/m1/s1. The van der Waals surface area contributed by atoms with Crippen LogP contribution in [0.4, 0.5) is 4.39 Å². The number of aliphatic hydroxyl groups is 1. The molecule has 3 atom stereocenters. The Labute approximate surface area is 254 Å². The van der Waals surface area contributed by atoms with Gasteiger partial charge in [0.1, 0.15) is 17.1 Å². The van der Waals surface area contributed by atoms with Gasteiger partial charge in [0.15, 0.2) is 5.82 Å². The van der Waals surface area contributed by atoms with Gasteiger partial charge in [-0.15, -0.1) is 0 Å². The first kappa shape index (κ1) is 27.3. The number of nitrogens with two attached hydrogens (primary N) is 1. The minimum absolute atomic E-state index is 0.0204. The summed E-state index contributed by atoms with van der Waals surface area (Å²) >= 11 is 0. The second-order valence-electron chi connectivity index (χ2n) is 12.8. The second kappa shape index (κ2) is 10.2. The van der Waals surface area contributed by atoms with Gasteiger partial charge in [0, 0.05) is 59.8 Å². The van der Waals surface area contributed by atoms with Crippen LogP contribution in [0, 0.1) is 17.7 Å². The number of aliphatic hydroxyl groups excluding tert-OH is 1. The molecule has 8 nitrogen and oxygen atoms in total. The van der Waals surface area contributed by atoms with Crippen LogP contribution in [0.2, 0.25) is 0 Å². The van der Waals surface area contributed by atoms with E-state index in [0.29, 0.717) is 40.8 Å². The van der Waals surface area contributed by atoms with Crippen molar-refractivity contribution in [3.05, 3.63) is 71.5 Å². The van der Waals surface area contributed by atoms with E-state index in [2.05, 4.69) is 10.6 Å². The number of aryl methyl sites for hydroxylation is 1. The molecule has 2 aromatic heterocycles. The highest BCUT2D eigenvalue weighted by molar-refractivity contribution is 6.00. The van der Waals surface area contributed by atoms with Crippen molar-refractivity contribution in [1.29, 1.82) is 0 Å². The average molecular weight is 594 g/mol. The number of likely N-dealkylation sites (tertiary alicyclic amines) is 1. The number of aromatic nitrogens is 3. The highest BCUT2D eigenvalue weighted by atomic mass is 19.1. The number of hydrogen-bond donors (Lipinski definition) is 2. The van der Waals surface area contributed by atoms with Crippen LogP contribution in [0.1, 0.15) is 41.6 Å². The van der Waals surface area contributed by atoms with Gasteiger partial charge in [0.05, 0.1) is 24.9 Å². The van der Waals surface area contributed by atoms with E-state index in [1.54, 1.807) is 25.3 Å². The molecule has 3 aliphatic rings. The van der Waals surface area contributed by atoms with Crippen molar-refractivity contribution < 1.29 is 19.0 Å². The molecule has 3 N–H and O–H groups in total. The largest absolute Gasteiger partial charge is 0.494 e. The number of carbonyl (C=O) groups excluding carboxylic acids is 1. The maximum absolute atomic E-state index is 15.2. The monoisotopic (exact) mass is 593 g/mol. The molecule has 5 aromatic rings. The third kappa shape index (κ3) is 4.17. The number of nitrogens with zero attached hydrogens (tertiary/aromatic N) is 4. The molecule has 3 heterocycles. The van der Waals surface area contributed by atoms with Gasteiger partial charge in [-0.3, -0.25) is 4.79 Å². The molecule has 8 rings (SSSR count). The Morgan fingerprint density at radius 1 is 1.11 bits per heavy atom. The van der Waals surface area contributed by atoms with E-state index in [-0.39, 0.29) is 30.2 Å². The average Bonchev–Trinajstić information content (AvgIpc) is 3.44. The molecular weight excluding hydrogens is 557 g/mol. The molecule has 0 unspecified atom stereocenters. The summed E-state index contributed by atoms with van der Waals surface area (Å²) in [7, 11) is 3.60. The van der Waals surface area contributed by atoms with Crippen LogP contribution in [-0.4, -0.2) is 55.8 Å². The molecule has 2 aliphatic carbocycles. The quantitative estimate of drug-likeness (QED) is 0.261. The van der Waals surface area contributed by atoms with E-state index in [1.165, 1.54) is 12.8 Å². The zero-order chi connectivity index (χ0) is 30.3. The smallest absolute Gasteiger partial charge is 0.254 e. The number of hydrogen-bond acceptors (Lipinski definition) is 5. The van der Waals surface area contributed by atoms with E-state index in [9.17, 15) is 9.90 Å². The molecule has 2 saturated carbocycles. The molecule has 226 valence electrons. The van der Waals surface area contributed by atoms with E-state index in [0.717, 1.165) is 52.9 Å². The molecule has 0 radical (unpaired) electrons. The second-order valence-corrected chi connectivity index (χ2v) is 12.8. The van der Waals surface area contributed by atoms with Gasteiger partial charge in [-0.1, -0.05) is 30.3 Å². The Hall–Kier alpha value is -4.21. The summed E-state index contributed by atoms with van der Waals surface area (Å²) in [5.74, 6) is 1.92. The molecule has 0 spiro atoms.